The Balaban J connectivity index is 2.21. The molecule has 7 heteroatoms. The van der Waals surface area contributed by atoms with Crippen molar-refractivity contribution >= 4 is 0 Å². The minimum atomic E-state index is -1.95. The lowest BCUT2D eigenvalue weighted by Gasteiger charge is -2.29. The third-order valence-corrected chi connectivity index (χ3v) is 4.26. The Hall–Kier alpha value is -2.67. The number of aryl methyl sites for hydroxylation is 3. The Kier molecular flexibility index (Phi) is 4.34. The zero-order chi connectivity index (χ0) is 18.2. The van der Waals surface area contributed by atoms with E-state index in [1.807, 2.05) is 0 Å². The van der Waals surface area contributed by atoms with Crippen molar-refractivity contribution in [3.63, 3.8) is 0 Å². The van der Waals surface area contributed by atoms with Gasteiger partial charge in [-0.05, 0) is 47.5 Å². The molecule has 3 rings (SSSR count). The van der Waals surface area contributed by atoms with Gasteiger partial charge in [0, 0.05) is 24.6 Å². The molecule has 0 aliphatic carbocycles. The van der Waals surface area contributed by atoms with Crippen molar-refractivity contribution in [2.45, 2.75) is 25.9 Å². The van der Waals surface area contributed by atoms with E-state index in [2.05, 4.69) is 15.5 Å². The summed E-state index contributed by atoms with van der Waals surface area (Å²) in [7, 11) is 1.60. The largest absolute Gasteiger partial charge is 0.380 e. The average Bonchev–Trinajstić information content (AvgIpc) is 2.91. The van der Waals surface area contributed by atoms with Crippen molar-refractivity contribution in [3.8, 4) is 0 Å². The van der Waals surface area contributed by atoms with E-state index < -0.39 is 17.2 Å². The van der Waals surface area contributed by atoms with Gasteiger partial charge < -0.3 is 5.11 Å². The van der Waals surface area contributed by atoms with Gasteiger partial charge in [0.25, 0.3) is 0 Å². The summed E-state index contributed by atoms with van der Waals surface area (Å²) in [5.74, 6) is -0.919. The fourth-order valence-electron chi connectivity index (χ4n) is 2.87. The van der Waals surface area contributed by atoms with Crippen molar-refractivity contribution in [2.24, 2.45) is 7.05 Å². The van der Waals surface area contributed by atoms with Crippen LogP contribution in [0.4, 0.5) is 8.78 Å². The minimum absolute atomic E-state index is 0.0242. The van der Waals surface area contributed by atoms with Crippen molar-refractivity contribution in [2.75, 3.05) is 0 Å². The van der Waals surface area contributed by atoms with E-state index in [-0.39, 0.29) is 17.5 Å². The maximum Gasteiger partial charge on any atom is 0.154 e. The molecule has 130 valence electrons. The van der Waals surface area contributed by atoms with Crippen LogP contribution in [0.5, 0.6) is 0 Å². The molecule has 1 heterocycles. The Morgan fingerprint density at radius 1 is 1.00 bits per heavy atom. The quantitative estimate of drug-likeness (QED) is 0.790. The molecule has 0 atom stereocenters. The van der Waals surface area contributed by atoms with Crippen LogP contribution in [0.1, 0.15) is 28.1 Å². The first kappa shape index (κ1) is 17.2. The smallest absolute Gasteiger partial charge is 0.154 e. The van der Waals surface area contributed by atoms with Crippen LogP contribution in [0.15, 0.2) is 36.4 Å². The monoisotopic (exact) mass is 344 g/mol. The molecule has 0 bridgehead atoms. The molecule has 0 amide bonds. The molecule has 0 unspecified atom stereocenters. The second-order valence-corrected chi connectivity index (χ2v) is 6.22. The zero-order valence-electron chi connectivity index (χ0n) is 14.2. The predicted octanol–water partition coefficient (Wildman–Crippen LogP) is 2.58. The second kappa shape index (κ2) is 6.33. The van der Waals surface area contributed by atoms with Crippen molar-refractivity contribution in [1.29, 1.82) is 0 Å². The molecule has 25 heavy (non-hydrogen) atoms. The number of hydrogen-bond acceptors (Lipinski definition) is 4. The molecule has 0 saturated heterocycles. The fourth-order valence-corrected chi connectivity index (χ4v) is 2.87. The first-order chi connectivity index (χ1) is 11.8. The number of hydrogen-bond donors (Lipinski definition) is 1. The summed E-state index contributed by atoms with van der Waals surface area (Å²) in [4.78, 5) is 0. The summed E-state index contributed by atoms with van der Waals surface area (Å²) in [5, 5.41) is 22.5. The van der Waals surface area contributed by atoms with Crippen LogP contribution in [0, 0.1) is 25.5 Å². The van der Waals surface area contributed by atoms with Gasteiger partial charge in [0.05, 0.1) is 0 Å². The maximum atomic E-state index is 14.6. The van der Waals surface area contributed by atoms with Crippen LogP contribution in [-0.2, 0) is 19.1 Å². The molecule has 0 fully saturated rings. The van der Waals surface area contributed by atoms with E-state index in [1.54, 1.807) is 33.0 Å². The SMILES string of the molecule is Cc1ccc(C(O)(Cc2nnnn2C)c2ccc(C)cc2F)c(F)c1. The van der Waals surface area contributed by atoms with Gasteiger partial charge in [0.15, 0.2) is 5.82 Å². The van der Waals surface area contributed by atoms with E-state index in [0.29, 0.717) is 17.0 Å². The Bertz CT molecular complexity index is 872. The first-order valence-electron chi connectivity index (χ1n) is 7.78. The highest BCUT2D eigenvalue weighted by atomic mass is 19.1. The minimum Gasteiger partial charge on any atom is -0.380 e. The maximum absolute atomic E-state index is 14.6. The number of benzene rings is 2. The molecular weight excluding hydrogens is 326 g/mol. The molecule has 0 aliphatic rings. The van der Waals surface area contributed by atoms with Gasteiger partial charge in [-0.1, -0.05) is 24.3 Å². The van der Waals surface area contributed by atoms with Crippen LogP contribution in [0.2, 0.25) is 0 Å². The van der Waals surface area contributed by atoms with Gasteiger partial charge in [-0.15, -0.1) is 5.10 Å². The second-order valence-electron chi connectivity index (χ2n) is 6.22. The molecule has 2 aromatic carbocycles. The van der Waals surface area contributed by atoms with Crippen LogP contribution in [0.3, 0.4) is 0 Å². The molecule has 0 radical (unpaired) electrons. The lowest BCUT2D eigenvalue weighted by Crippen LogP contribution is -2.33. The van der Waals surface area contributed by atoms with Crippen molar-refractivity contribution < 1.29 is 13.9 Å². The molecule has 1 aromatic heterocycles. The summed E-state index contributed by atoms with van der Waals surface area (Å²) < 4.78 is 30.6. The van der Waals surface area contributed by atoms with Crippen molar-refractivity contribution in [3.05, 3.63) is 76.1 Å². The Labute approximate surface area is 143 Å². The number of tetrazole rings is 1. The number of nitrogens with zero attached hydrogens (tertiary/aromatic N) is 4. The van der Waals surface area contributed by atoms with E-state index in [4.69, 9.17) is 0 Å². The summed E-state index contributed by atoms with van der Waals surface area (Å²) in [6.07, 6.45) is -0.170. The molecule has 1 N–H and O–H groups in total. The summed E-state index contributed by atoms with van der Waals surface area (Å²) in [6.45, 7) is 3.48. The number of rotatable bonds is 4. The zero-order valence-corrected chi connectivity index (χ0v) is 14.2. The average molecular weight is 344 g/mol. The highest BCUT2D eigenvalue weighted by Gasteiger charge is 2.38. The standard InChI is InChI=1S/C18H18F2N4O/c1-11-4-6-13(15(19)8-11)18(25,10-17-21-22-23-24(17)3)14-7-5-12(2)9-16(14)20/h4-9,25H,10H2,1-3H3. The number of halogens is 2. The van der Waals surface area contributed by atoms with Gasteiger partial charge in [-0.25, -0.2) is 13.5 Å². The predicted molar refractivity (Wildman–Crippen MR) is 87.8 cm³/mol. The van der Waals surface area contributed by atoms with Crippen molar-refractivity contribution in [1.82, 2.24) is 20.2 Å². The first-order valence-corrected chi connectivity index (χ1v) is 7.78. The third kappa shape index (κ3) is 3.15. The van der Waals surface area contributed by atoms with Gasteiger partial charge >= 0.3 is 0 Å². The van der Waals surface area contributed by atoms with Crippen LogP contribution in [0.25, 0.3) is 0 Å². The lowest BCUT2D eigenvalue weighted by atomic mass is 9.82. The Morgan fingerprint density at radius 3 is 1.92 bits per heavy atom. The van der Waals surface area contributed by atoms with Crippen LogP contribution >= 0.6 is 0 Å². The van der Waals surface area contributed by atoms with Gasteiger partial charge in [0.1, 0.15) is 17.2 Å². The van der Waals surface area contributed by atoms with Gasteiger partial charge in [-0.3, -0.25) is 0 Å². The third-order valence-electron chi connectivity index (χ3n) is 4.26. The van der Waals surface area contributed by atoms with Gasteiger partial charge in [0.2, 0.25) is 0 Å². The molecule has 3 aromatic rings. The normalized spacial score (nSPS) is 11.8. The number of aliphatic hydroxyl groups is 1. The lowest BCUT2D eigenvalue weighted by molar-refractivity contribution is 0.0699. The molecular formula is C18H18F2N4O. The topological polar surface area (TPSA) is 63.8 Å². The highest BCUT2D eigenvalue weighted by Crippen LogP contribution is 2.36. The summed E-state index contributed by atoms with van der Waals surface area (Å²) in [6, 6.07) is 8.89. The van der Waals surface area contributed by atoms with Crippen LogP contribution in [-0.4, -0.2) is 25.3 Å². The van der Waals surface area contributed by atoms with E-state index >= 15 is 0 Å². The van der Waals surface area contributed by atoms with E-state index in [9.17, 15) is 13.9 Å². The molecule has 0 saturated carbocycles. The van der Waals surface area contributed by atoms with Crippen LogP contribution < -0.4 is 0 Å². The molecule has 0 aliphatic heterocycles. The number of aromatic nitrogens is 4. The highest BCUT2D eigenvalue weighted by molar-refractivity contribution is 5.41. The Morgan fingerprint density at radius 2 is 1.52 bits per heavy atom. The summed E-state index contributed by atoms with van der Waals surface area (Å²) >= 11 is 0. The van der Waals surface area contributed by atoms with E-state index in [0.717, 1.165) is 0 Å². The van der Waals surface area contributed by atoms with Gasteiger partial charge in [-0.2, -0.15) is 0 Å². The fraction of sp³-hybridized carbons (Fsp3) is 0.278. The molecule has 0 spiro atoms. The summed E-state index contributed by atoms with van der Waals surface area (Å²) in [5.41, 5.74) is -0.591. The van der Waals surface area contributed by atoms with E-state index in [1.165, 1.54) is 28.9 Å². The molecule has 5 nitrogen and oxygen atoms in total.